The van der Waals surface area contributed by atoms with Crippen LogP contribution in [0.15, 0.2) is 34.9 Å². The zero-order valence-corrected chi connectivity index (χ0v) is 13.7. The average molecular weight is 336 g/mol. The molecule has 1 heterocycles. The molecule has 0 aliphatic heterocycles. The molecule has 0 fully saturated rings. The number of rotatable bonds is 3. The van der Waals surface area contributed by atoms with Crippen LogP contribution in [0.1, 0.15) is 16.1 Å². The second-order valence-corrected chi connectivity index (χ2v) is 5.92. The summed E-state index contributed by atoms with van der Waals surface area (Å²) in [5.41, 5.74) is 3.68. The molecule has 1 aromatic carbocycles. The topological polar surface area (TPSA) is 37.3 Å². The third kappa shape index (κ3) is 3.04. The number of nitrogens with one attached hydrogen (secondary N) is 1. The number of aromatic nitrogens is 1. The number of anilines is 2. The Morgan fingerprint density at radius 3 is 2.55 bits per heavy atom. The molecule has 2 aromatic rings. The van der Waals surface area contributed by atoms with E-state index in [1.807, 2.05) is 50.4 Å². The van der Waals surface area contributed by atoms with Crippen LogP contribution in [0.4, 0.5) is 11.4 Å². The van der Waals surface area contributed by atoms with Gasteiger partial charge in [0.25, 0.3) is 5.91 Å². The van der Waals surface area contributed by atoms with E-state index in [0.29, 0.717) is 5.69 Å². The van der Waals surface area contributed by atoms with Crippen molar-refractivity contribution in [3.05, 3.63) is 46.2 Å². The Morgan fingerprint density at radius 1 is 1.30 bits per heavy atom. The van der Waals surface area contributed by atoms with Gasteiger partial charge in [0, 0.05) is 43.2 Å². The number of carbonyl (C=O) groups excluding carboxylic acids is 1. The van der Waals surface area contributed by atoms with Crippen molar-refractivity contribution in [1.29, 1.82) is 0 Å². The summed E-state index contributed by atoms with van der Waals surface area (Å²) in [7, 11) is 5.82. The lowest BCUT2D eigenvalue weighted by Gasteiger charge is -2.17. The molecular formula is C15H18BrN3O. The standard InChI is InChI=1S/C15H18BrN3O/c1-10-5-6-12(8-13(10)18(2)3)17-15(20)14-7-11(16)9-19(14)4/h5-9H,1-4H3,(H,17,20). The number of halogens is 1. The fourth-order valence-electron chi connectivity index (χ4n) is 2.11. The maximum atomic E-state index is 12.2. The first-order valence-corrected chi connectivity index (χ1v) is 7.09. The van der Waals surface area contributed by atoms with Crippen LogP contribution >= 0.6 is 15.9 Å². The van der Waals surface area contributed by atoms with E-state index in [4.69, 9.17) is 0 Å². The number of benzene rings is 1. The largest absolute Gasteiger partial charge is 0.377 e. The van der Waals surface area contributed by atoms with Gasteiger partial charge in [0.2, 0.25) is 0 Å². The molecule has 1 aromatic heterocycles. The Morgan fingerprint density at radius 2 is 2.00 bits per heavy atom. The lowest BCUT2D eigenvalue weighted by Crippen LogP contribution is -2.16. The monoisotopic (exact) mass is 335 g/mol. The zero-order chi connectivity index (χ0) is 14.9. The maximum Gasteiger partial charge on any atom is 0.272 e. The number of hydrogen-bond donors (Lipinski definition) is 1. The number of carbonyl (C=O) groups is 1. The summed E-state index contributed by atoms with van der Waals surface area (Å²) in [4.78, 5) is 14.3. The lowest BCUT2D eigenvalue weighted by atomic mass is 10.1. The average Bonchev–Trinajstić information content (AvgIpc) is 2.70. The van der Waals surface area contributed by atoms with Gasteiger partial charge in [0.1, 0.15) is 5.69 Å². The van der Waals surface area contributed by atoms with E-state index >= 15 is 0 Å². The van der Waals surface area contributed by atoms with E-state index in [0.717, 1.165) is 15.8 Å². The fraction of sp³-hybridized carbons (Fsp3) is 0.267. The zero-order valence-electron chi connectivity index (χ0n) is 12.1. The van der Waals surface area contributed by atoms with Gasteiger partial charge >= 0.3 is 0 Å². The number of aryl methyl sites for hydroxylation is 2. The molecular weight excluding hydrogens is 318 g/mol. The molecule has 0 radical (unpaired) electrons. The van der Waals surface area contributed by atoms with Crippen LogP contribution in [0.3, 0.4) is 0 Å². The fourth-order valence-corrected chi connectivity index (χ4v) is 2.64. The Hall–Kier alpha value is -1.75. The highest BCUT2D eigenvalue weighted by Crippen LogP contribution is 2.23. The Bertz CT molecular complexity index is 647. The van der Waals surface area contributed by atoms with E-state index < -0.39 is 0 Å². The molecule has 0 atom stereocenters. The molecule has 0 spiro atoms. The molecule has 20 heavy (non-hydrogen) atoms. The van der Waals surface area contributed by atoms with Gasteiger partial charge in [0.15, 0.2) is 0 Å². The van der Waals surface area contributed by atoms with Crippen molar-refractivity contribution in [1.82, 2.24) is 4.57 Å². The normalized spacial score (nSPS) is 10.4. The number of amides is 1. The van der Waals surface area contributed by atoms with E-state index in [1.165, 1.54) is 5.56 Å². The first-order valence-electron chi connectivity index (χ1n) is 6.29. The predicted octanol–water partition coefficient (Wildman–Crippen LogP) is 3.41. The summed E-state index contributed by atoms with van der Waals surface area (Å²) >= 11 is 3.37. The Balaban J connectivity index is 2.24. The van der Waals surface area contributed by atoms with Crippen molar-refractivity contribution in [2.45, 2.75) is 6.92 Å². The third-order valence-electron chi connectivity index (χ3n) is 3.15. The van der Waals surface area contributed by atoms with E-state index in [1.54, 1.807) is 10.6 Å². The second-order valence-electron chi connectivity index (χ2n) is 5.00. The Kier molecular flexibility index (Phi) is 4.18. The van der Waals surface area contributed by atoms with Gasteiger partial charge < -0.3 is 14.8 Å². The number of hydrogen-bond acceptors (Lipinski definition) is 2. The molecule has 1 amide bonds. The van der Waals surface area contributed by atoms with Crippen LogP contribution in [0, 0.1) is 6.92 Å². The molecule has 0 bridgehead atoms. The maximum absolute atomic E-state index is 12.2. The van der Waals surface area contributed by atoms with E-state index in [-0.39, 0.29) is 5.91 Å². The summed E-state index contributed by atoms with van der Waals surface area (Å²) in [6, 6.07) is 7.70. The van der Waals surface area contributed by atoms with E-state index in [2.05, 4.69) is 28.2 Å². The van der Waals surface area contributed by atoms with Crippen LogP contribution in [-0.4, -0.2) is 24.6 Å². The summed E-state index contributed by atoms with van der Waals surface area (Å²) in [5, 5.41) is 2.93. The number of nitrogens with zero attached hydrogens (tertiary/aromatic N) is 2. The molecule has 0 saturated carbocycles. The summed E-state index contributed by atoms with van der Waals surface area (Å²) < 4.78 is 2.68. The van der Waals surface area contributed by atoms with Crippen molar-refractivity contribution in [3.8, 4) is 0 Å². The van der Waals surface area contributed by atoms with Crippen molar-refractivity contribution in [3.63, 3.8) is 0 Å². The molecule has 0 aliphatic rings. The van der Waals surface area contributed by atoms with Gasteiger partial charge in [-0.3, -0.25) is 4.79 Å². The second kappa shape index (κ2) is 5.71. The molecule has 1 N–H and O–H groups in total. The third-order valence-corrected chi connectivity index (χ3v) is 3.59. The van der Waals surface area contributed by atoms with Crippen LogP contribution in [0.5, 0.6) is 0 Å². The minimum Gasteiger partial charge on any atom is -0.377 e. The summed E-state index contributed by atoms with van der Waals surface area (Å²) in [6.07, 6.45) is 1.86. The Labute approximate surface area is 127 Å². The molecule has 5 heteroatoms. The highest BCUT2D eigenvalue weighted by molar-refractivity contribution is 9.10. The SMILES string of the molecule is Cc1ccc(NC(=O)c2cc(Br)cn2C)cc1N(C)C. The van der Waals surface area contributed by atoms with Gasteiger partial charge in [-0.2, -0.15) is 0 Å². The molecule has 2 rings (SSSR count). The lowest BCUT2D eigenvalue weighted by molar-refractivity contribution is 0.101. The van der Waals surface area contributed by atoms with Crippen LogP contribution < -0.4 is 10.2 Å². The van der Waals surface area contributed by atoms with Gasteiger partial charge in [-0.1, -0.05) is 6.07 Å². The van der Waals surface area contributed by atoms with E-state index in [9.17, 15) is 4.79 Å². The molecule has 106 valence electrons. The van der Waals surface area contributed by atoms with Gasteiger partial charge in [-0.25, -0.2) is 0 Å². The minimum atomic E-state index is -0.119. The smallest absolute Gasteiger partial charge is 0.272 e. The molecule has 4 nitrogen and oxygen atoms in total. The highest BCUT2D eigenvalue weighted by atomic mass is 79.9. The summed E-state index contributed by atoms with van der Waals surface area (Å²) in [5.74, 6) is -0.119. The van der Waals surface area contributed by atoms with Crippen molar-refractivity contribution < 1.29 is 4.79 Å². The van der Waals surface area contributed by atoms with Crippen molar-refractivity contribution in [2.75, 3.05) is 24.3 Å². The molecule has 0 saturated heterocycles. The summed E-state index contributed by atoms with van der Waals surface area (Å²) in [6.45, 7) is 2.05. The van der Waals surface area contributed by atoms with Crippen LogP contribution in [-0.2, 0) is 7.05 Å². The van der Waals surface area contributed by atoms with Crippen LogP contribution in [0.25, 0.3) is 0 Å². The van der Waals surface area contributed by atoms with Crippen molar-refractivity contribution in [2.24, 2.45) is 7.05 Å². The quantitative estimate of drug-likeness (QED) is 0.933. The molecule has 0 unspecified atom stereocenters. The highest BCUT2D eigenvalue weighted by Gasteiger charge is 2.12. The predicted molar refractivity (Wildman–Crippen MR) is 86.6 cm³/mol. The van der Waals surface area contributed by atoms with Gasteiger partial charge in [-0.15, -0.1) is 0 Å². The van der Waals surface area contributed by atoms with Gasteiger partial charge in [-0.05, 0) is 46.6 Å². The first-order chi connectivity index (χ1) is 9.38. The van der Waals surface area contributed by atoms with Gasteiger partial charge in [0.05, 0.1) is 0 Å². The molecule has 0 aliphatic carbocycles. The first kappa shape index (κ1) is 14.7. The van der Waals surface area contributed by atoms with Crippen molar-refractivity contribution >= 4 is 33.2 Å². The van der Waals surface area contributed by atoms with Crippen LogP contribution in [0.2, 0.25) is 0 Å². The minimum absolute atomic E-state index is 0.119.